The number of hydrogen-bond donors (Lipinski definition) is 0. The first-order valence-corrected chi connectivity index (χ1v) is 12.0. The number of halogens is 4. The van der Waals surface area contributed by atoms with E-state index in [2.05, 4.69) is 41.9 Å². The second-order valence-corrected chi connectivity index (χ2v) is 9.21. The number of pyridine rings is 1. The number of benzene rings is 1. The molecule has 2 aromatic heterocycles. The minimum absolute atomic E-state index is 0.211. The summed E-state index contributed by atoms with van der Waals surface area (Å²) in [4.78, 5) is 34.1. The van der Waals surface area contributed by atoms with Crippen LogP contribution in [0.25, 0.3) is 5.82 Å². The molecule has 3 rings (SSSR count). The summed E-state index contributed by atoms with van der Waals surface area (Å²) >= 11 is 19.3. The Balaban J connectivity index is 2.12. The molecule has 11 heteroatoms. The normalized spacial score (nSPS) is 10.8. The van der Waals surface area contributed by atoms with Crippen molar-refractivity contribution in [3.63, 3.8) is 0 Å². The maximum atomic E-state index is 13.6. The summed E-state index contributed by atoms with van der Waals surface area (Å²) in [6.45, 7) is 4.83. The van der Waals surface area contributed by atoms with Crippen LogP contribution in [0.1, 0.15) is 34.7 Å². The van der Waals surface area contributed by atoms with Crippen molar-refractivity contribution >= 4 is 72.6 Å². The topological polar surface area (TPSA) is 71.3 Å². The number of hydrogen-bond acceptors (Lipinski definition) is 4. The summed E-state index contributed by atoms with van der Waals surface area (Å²) in [7, 11) is 1.58. The van der Waals surface area contributed by atoms with E-state index in [4.69, 9.17) is 23.2 Å². The molecule has 0 aliphatic carbocycles. The molecular formula is C21H19Br2Cl2N5O2. The third-order valence-electron chi connectivity index (χ3n) is 4.79. The highest BCUT2D eigenvalue weighted by Gasteiger charge is 2.28. The summed E-state index contributed by atoms with van der Waals surface area (Å²) in [6.07, 6.45) is 1.56. The van der Waals surface area contributed by atoms with E-state index in [-0.39, 0.29) is 11.6 Å². The van der Waals surface area contributed by atoms with Gasteiger partial charge in [-0.05, 0) is 70.0 Å². The average Bonchev–Trinajstić information content (AvgIpc) is 3.14. The second-order valence-electron chi connectivity index (χ2n) is 6.70. The van der Waals surface area contributed by atoms with Gasteiger partial charge in [0.2, 0.25) is 0 Å². The predicted octanol–water partition coefficient (Wildman–Crippen LogP) is 5.86. The van der Waals surface area contributed by atoms with Crippen LogP contribution in [0.15, 0.2) is 45.6 Å². The van der Waals surface area contributed by atoms with Gasteiger partial charge in [-0.15, -0.1) is 0 Å². The van der Waals surface area contributed by atoms with Crippen LogP contribution < -0.4 is 4.90 Å². The van der Waals surface area contributed by atoms with Gasteiger partial charge >= 0.3 is 0 Å². The van der Waals surface area contributed by atoms with Gasteiger partial charge in [0.1, 0.15) is 10.3 Å². The van der Waals surface area contributed by atoms with Crippen molar-refractivity contribution in [2.24, 2.45) is 0 Å². The number of aromatic nitrogens is 3. The number of carbonyl (C=O) groups excluding carboxylic acids is 2. The van der Waals surface area contributed by atoms with Gasteiger partial charge in [-0.25, -0.2) is 9.67 Å². The van der Waals surface area contributed by atoms with Crippen LogP contribution in [0, 0.1) is 0 Å². The van der Waals surface area contributed by atoms with Gasteiger partial charge in [0.15, 0.2) is 5.82 Å². The Labute approximate surface area is 212 Å². The van der Waals surface area contributed by atoms with Gasteiger partial charge in [-0.2, -0.15) is 5.10 Å². The molecule has 3 aromatic rings. The van der Waals surface area contributed by atoms with Crippen LogP contribution in [0.3, 0.4) is 0 Å². The molecule has 0 saturated heterocycles. The highest BCUT2D eigenvalue weighted by atomic mass is 79.9. The number of rotatable bonds is 6. The summed E-state index contributed by atoms with van der Waals surface area (Å²) in [5, 5.41) is 5.04. The Hall–Kier alpha value is -1.94. The molecule has 0 unspecified atom stereocenters. The Kier molecular flexibility index (Phi) is 7.97. The molecule has 0 saturated carbocycles. The lowest BCUT2D eigenvalue weighted by Crippen LogP contribution is -2.34. The zero-order valence-corrected chi connectivity index (χ0v) is 22.1. The van der Waals surface area contributed by atoms with Crippen LogP contribution in [0.2, 0.25) is 10.0 Å². The first-order chi connectivity index (χ1) is 15.2. The standard InChI is InChI=1S/C21H19Br2Cl2N5O2/c1-4-29(5-2)20(31)13-9-12(24)10-14(22)18(13)28(3)21(32)16-11-17(23)27-30(16)19-15(25)7-6-8-26-19/h6-11H,4-5H2,1-3H3. The van der Waals surface area contributed by atoms with Gasteiger partial charge < -0.3 is 9.80 Å². The average molecular weight is 604 g/mol. The van der Waals surface area contributed by atoms with Gasteiger partial charge in [-0.3, -0.25) is 9.59 Å². The highest BCUT2D eigenvalue weighted by Crippen LogP contribution is 2.35. The summed E-state index contributed by atoms with van der Waals surface area (Å²) in [5.74, 6) is -0.330. The Bertz CT molecular complexity index is 1180. The molecular weight excluding hydrogens is 585 g/mol. The molecule has 0 atom stereocenters. The Morgan fingerprint density at radius 2 is 1.78 bits per heavy atom. The molecule has 0 spiro atoms. The SMILES string of the molecule is CCN(CC)C(=O)c1cc(Cl)cc(Br)c1N(C)C(=O)c1cc(Br)nn1-c1ncccc1Cl. The van der Waals surface area contributed by atoms with Crippen LogP contribution in [0.4, 0.5) is 5.69 Å². The molecule has 0 radical (unpaired) electrons. The highest BCUT2D eigenvalue weighted by molar-refractivity contribution is 9.10. The minimum Gasteiger partial charge on any atom is -0.339 e. The predicted molar refractivity (Wildman–Crippen MR) is 133 cm³/mol. The number of anilines is 1. The molecule has 0 fully saturated rings. The fourth-order valence-corrected chi connectivity index (χ4v) is 4.88. The van der Waals surface area contributed by atoms with E-state index in [0.717, 1.165) is 0 Å². The number of nitrogens with zero attached hydrogens (tertiary/aromatic N) is 5. The van der Waals surface area contributed by atoms with Crippen LogP contribution >= 0.6 is 55.1 Å². The lowest BCUT2D eigenvalue weighted by Gasteiger charge is -2.25. The smallest absolute Gasteiger partial charge is 0.276 e. The third-order valence-corrected chi connectivity index (χ3v) is 6.29. The molecule has 0 aliphatic heterocycles. The van der Waals surface area contributed by atoms with Crippen molar-refractivity contribution in [3.8, 4) is 5.82 Å². The fraction of sp³-hybridized carbons (Fsp3) is 0.238. The second kappa shape index (κ2) is 10.3. The molecule has 2 amide bonds. The third kappa shape index (κ3) is 4.85. The zero-order chi connectivity index (χ0) is 23.6. The summed E-state index contributed by atoms with van der Waals surface area (Å²) < 4.78 is 2.31. The number of amides is 2. The molecule has 2 heterocycles. The van der Waals surface area contributed by atoms with Gasteiger partial charge in [0.25, 0.3) is 11.8 Å². The van der Waals surface area contributed by atoms with Gasteiger partial charge in [-0.1, -0.05) is 23.2 Å². The lowest BCUT2D eigenvalue weighted by atomic mass is 10.1. The maximum Gasteiger partial charge on any atom is 0.276 e. The fourth-order valence-electron chi connectivity index (χ4n) is 3.22. The van der Waals surface area contributed by atoms with Crippen LogP contribution in [-0.4, -0.2) is 51.6 Å². The largest absolute Gasteiger partial charge is 0.339 e. The monoisotopic (exact) mass is 601 g/mol. The molecule has 32 heavy (non-hydrogen) atoms. The quantitative estimate of drug-likeness (QED) is 0.354. The molecule has 168 valence electrons. The van der Waals surface area contributed by atoms with E-state index in [9.17, 15) is 9.59 Å². The first kappa shape index (κ1) is 24.7. The summed E-state index contributed by atoms with van der Waals surface area (Å²) in [5.41, 5.74) is 0.917. The van der Waals surface area contributed by atoms with Crippen molar-refractivity contribution in [1.29, 1.82) is 0 Å². The zero-order valence-electron chi connectivity index (χ0n) is 17.4. The molecule has 1 aromatic carbocycles. The van der Waals surface area contributed by atoms with Crippen molar-refractivity contribution < 1.29 is 9.59 Å². The van der Waals surface area contributed by atoms with E-state index < -0.39 is 5.91 Å². The number of carbonyl (C=O) groups is 2. The molecule has 0 bridgehead atoms. The van der Waals surface area contributed by atoms with Crippen LogP contribution in [-0.2, 0) is 0 Å². The lowest BCUT2D eigenvalue weighted by molar-refractivity contribution is 0.0773. The summed E-state index contributed by atoms with van der Waals surface area (Å²) in [6, 6.07) is 8.12. The van der Waals surface area contributed by atoms with Crippen molar-refractivity contribution in [2.45, 2.75) is 13.8 Å². The molecule has 7 nitrogen and oxygen atoms in total. The van der Waals surface area contributed by atoms with Crippen molar-refractivity contribution in [1.82, 2.24) is 19.7 Å². The van der Waals surface area contributed by atoms with Crippen LogP contribution in [0.5, 0.6) is 0 Å². The van der Waals surface area contributed by atoms with E-state index in [0.29, 0.717) is 49.3 Å². The van der Waals surface area contributed by atoms with E-state index >= 15 is 0 Å². The van der Waals surface area contributed by atoms with Gasteiger partial charge in [0.05, 0.1) is 16.3 Å². The molecule has 0 N–H and O–H groups in total. The van der Waals surface area contributed by atoms with E-state index in [1.165, 1.54) is 9.58 Å². The Morgan fingerprint density at radius 3 is 2.41 bits per heavy atom. The van der Waals surface area contributed by atoms with E-state index in [1.807, 2.05) is 13.8 Å². The van der Waals surface area contributed by atoms with Crippen molar-refractivity contribution in [3.05, 3.63) is 66.9 Å². The maximum absolute atomic E-state index is 13.6. The van der Waals surface area contributed by atoms with Gasteiger partial charge in [0, 0.05) is 41.9 Å². The minimum atomic E-state index is -0.415. The first-order valence-electron chi connectivity index (χ1n) is 9.62. The van der Waals surface area contributed by atoms with Crippen molar-refractivity contribution in [2.75, 3.05) is 25.0 Å². The van der Waals surface area contributed by atoms with E-state index in [1.54, 1.807) is 48.5 Å². The molecule has 0 aliphatic rings. The Morgan fingerprint density at radius 1 is 1.09 bits per heavy atom.